The third kappa shape index (κ3) is 1.76. The first-order valence-corrected chi connectivity index (χ1v) is 3.08. The van der Waals surface area contributed by atoms with E-state index in [1.807, 2.05) is 18.2 Å². The molecule has 0 saturated carbocycles. The maximum atomic E-state index is 5.54. The summed E-state index contributed by atoms with van der Waals surface area (Å²) in [4.78, 5) is 0. The van der Waals surface area contributed by atoms with Gasteiger partial charge in [-0.15, -0.1) is 0 Å². The van der Waals surface area contributed by atoms with E-state index in [9.17, 15) is 0 Å². The summed E-state index contributed by atoms with van der Waals surface area (Å²) in [6, 6.07) is 0. The highest BCUT2D eigenvalue weighted by atomic mass is 14.5. The summed E-state index contributed by atoms with van der Waals surface area (Å²) in [5.74, 6) is 0. The third-order valence-electron chi connectivity index (χ3n) is 1.33. The van der Waals surface area contributed by atoms with Crippen LogP contribution in [0.4, 0.5) is 0 Å². The van der Waals surface area contributed by atoms with E-state index < -0.39 is 0 Å². The molecule has 0 saturated heterocycles. The lowest BCUT2D eigenvalue weighted by atomic mass is 10.2. The summed E-state index contributed by atoms with van der Waals surface area (Å²) >= 11 is 0. The molecule has 9 heavy (non-hydrogen) atoms. The van der Waals surface area contributed by atoms with E-state index >= 15 is 0 Å². The first-order chi connectivity index (χ1) is 4.29. The zero-order valence-electron chi connectivity index (χ0n) is 5.59. The number of nitrogens with two attached hydrogens (primary N) is 1. The molecule has 0 aliphatic heterocycles. The maximum Gasteiger partial charge on any atom is 0.0276 e. The molecule has 48 valence electrons. The second-order valence-corrected chi connectivity index (χ2v) is 2.28. The van der Waals surface area contributed by atoms with Crippen molar-refractivity contribution in [1.29, 1.82) is 0 Å². The minimum atomic E-state index is 0.864. The molecule has 1 heteroatoms. The van der Waals surface area contributed by atoms with Gasteiger partial charge in [-0.2, -0.15) is 0 Å². The molecule has 0 aromatic carbocycles. The molecule has 0 heterocycles. The molecule has 0 amide bonds. The van der Waals surface area contributed by atoms with Gasteiger partial charge in [0.2, 0.25) is 0 Å². The Morgan fingerprint density at radius 1 is 1.56 bits per heavy atom. The van der Waals surface area contributed by atoms with Crippen LogP contribution in [0, 0.1) is 0 Å². The molecule has 1 rings (SSSR count). The molecular weight excluding hydrogens is 110 g/mol. The second-order valence-electron chi connectivity index (χ2n) is 2.28. The Kier molecular flexibility index (Phi) is 1.73. The number of allylic oxidation sites excluding steroid dienone is 5. The van der Waals surface area contributed by atoms with E-state index in [4.69, 9.17) is 5.73 Å². The van der Waals surface area contributed by atoms with Crippen LogP contribution in [0.1, 0.15) is 13.3 Å². The zero-order valence-corrected chi connectivity index (χ0v) is 5.59. The fraction of sp³-hybridized carbons (Fsp3) is 0.250. The van der Waals surface area contributed by atoms with Crippen LogP contribution in [0.5, 0.6) is 0 Å². The van der Waals surface area contributed by atoms with Crippen LogP contribution in [-0.2, 0) is 0 Å². The van der Waals surface area contributed by atoms with Gasteiger partial charge in [-0.05, 0) is 19.4 Å². The van der Waals surface area contributed by atoms with Crippen LogP contribution in [-0.4, -0.2) is 0 Å². The van der Waals surface area contributed by atoms with Crippen molar-refractivity contribution in [2.75, 3.05) is 0 Å². The van der Waals surface area contributed by atoms with Gasteiger partial charge in [0.25, 0.3) is 0 Å². The summed E-state index contributed by atoms with van der Waals surface area (Å²) in [5, 5.41) is 0. The Bertz CT molecular complexity index is 182. The van der Waals surface area contributed by atoms with Crippen molar-refractivity contribution in [1.82, 2.24) is 0 Å². The van der Waals surface area contributed by atoms with Gasteiger partial charge in [0.15, 0.2) is 0 Å². The maximum absolute atomic E-state index is 5.54. The molecule has 0 aromatic rings. The van der Waals surface area contributed by atoms with Crippen molar-refractivity contribution < 1.29 is 0 Å². The smallest absolute Gasteiger partial charge is 0.0276 e. The topological polar surface area (TPSA) is 26.0 Å². The fourth-order valence-electron chi connectivity index (χ4n) is 0.738. The minimum Gasteiger partial charge on any atom is -0.399 e. The van der Waals surface area contributed by atoms with Gasteiger partial charge in [-0.1, -0.05) is 23.8 Å². The molecule has 0 fully saturated rings. The highest BCUT2D eigenvalue weighted by molar-refractivity contribution is 5.27. The Labute approximate surface area is 55.6 Å². The van der Waals surface area contributed by atoms with Gasteiger partial charge in [0.1, 0.15) is 0 Å². The van der Waals surface area contributed by atoms with Crippen LogP contribution in [0.3, 0.4) is 0 Å². The van der Waals surface area contributed by atoms with Crippen molar-refractivity contribution >= 4 is 0 Å². The van der Waals surface area contributed by atoms with E-state index in [1.54, 1.807) is 0 Å². The normalized spacial score (nSPS) is 18.3. The largest absolute Gasteiger partial charge is 0.399 e. The molecule has 1 nitrogen and oxygen atoms in total. The van der Waals surface area contributed by atoms with E-state index in [0.29, 0.717) is 0 Å². The number of hydrogen-bond donors (Lipinski definition) is 1. The molecule has 0 bridgehead atoms. The van der Waals surface area contributed by atoms with Gasteiger partial charge < -0.3 is 5.73 Å². The van der Waals surface area contributed by atoms with Gasteiger partial charge in [-0.25, -0.2) is 0 Å². The SMILES string of the molecule is CC1=CC=CC(N)=CC1. The van der Waals surface area contributed by atoms with E-state index in [2.05, 4.69) is 13.0 Å². The highest BCUT2D eigenvalue weighted by Gasteiger charge is 1.89. The Hall–Kier alpha value is -0.980. The second kappa shape index (κ2) is 2.53. The Morgan fingerprint density at radius 3 is 3.11 bits per heavy atom. The predicted octanol–water partition coefficient (Wildman–Crippen LogP) is 1.74. The first kappa shape index (κ1) is 6.14. The molecule has 1 aliphatic rings. The molecule has 0 radical (unpaired) electrons. The van der Waals surface area contributed by atoms with Gasteiger partial charge in [0.05, 0.1) is 0 Å². The molecule has 0 spiro atoms. The monoisotopic (exact) mass is 121 g/mol. The molecule has 0 unspecified atom stereocenters. The standard InChI is InChI=1S/C8H11N/c1-7-3-2-4-8(9)6-5-7/h2-4,6H,5,9H2,1H3. The van der Waals surface area contributed by atoms with Crippen LogP contribution >= 0.6 is 0 Å². The summed E-state index contributed by atoms with van der Waals surface area (Å²) in [7, 11) is 0. The van der Waals surface area contributed by atoms with Crippen LogP contribution in [0.25, 0.3) is 0 Å². The molecule has 0 aromatic heterocycles. The predicted molar refractivity (Wildman–Crippen MR) is 39.8 cm³/mol. The quantitative estimate of drug-likeness (QED) is 0.519. The van der Waals surface area contributed by atoms with Crippen molar-refractivity contribution in [3.63, 3.8) is 0 Å². The van der Waals surface area contributed by atoms with Crippen molar-refractivity contribution in [3.8, 4) is 0 Å². The lowest BCUT2D eigenvalue weighted by molar-refractivity contribution is 1.19. The summed E-state index contributed by atoms with van der Waals surface area (Å²) in [5.41, 5.74) is 7.76. The van der Waals surface area contributed by atoms with E-state index in [-0.39, 0.29) is 0 Å². The highest BCUT2D eigenvalue weighted by Crippen LogP contribution is 2.06. The number of rotatable bonds is 0. The van der Waals surface area contributed by atoms with E-state index in [1.165, 1.54) is 5.57 Å². The molecule has 1 aliphatic carbocycles. The van der Waals surface area contributed by atoms with Crippen molar-refractivity contribution in [3.05, 3.63) is 35.6 Å². The third-order valence-corrected chi connectivity index (χ3v) is 1.33. The van der Waals surface area contributed by atoms with Crippen molar-refractivity contribution in [2.24, 2.45) is 5.73 Å². The average molecular weight is 121 g/mol. The summed E-state index contributed by atoms with van der Waals surface area (Å²) in [6.45, 7) is 2.10. The fourth-order valence-corrected chi connectivity index (χ4v) is 0.738. The van der Waals surface area contributed by atoms with Crippen LogP contribution in [0.2, 0.25) is 0 Å². The van der Waals surface area contributed by atoms with E-state index in [0.717, 1.165) is 12.1 Å². The molecule has 2 N–H and O–H groups in total. The van der Waals surface area contributed by atoms with Crippen molar-refractivity contribution in [2.45, 2.75) is 13.3 Å². The Balaban J connectivity index is 2.75. The lowest BCUT2D eigenvalue weighted by Crippen LogP contribution is -1.90. The van der Waals surface area contributed by atoms with Gasteiger partial charge in [-0.3, -0.25) is 0 Å². The van der Waals surface area contributed by atoms with Gasteiger partial charge >= 0.3 is 0 Å². The average Bonchev–Trinajstić information content (AvgIpc) is 1.97. The molecule has 0 atom stereocenters. The van der Waals surface area contributed by atoms with Crippen LogP contribution in [0.15, 0.2) is 35.6 Å². The Morgan fingerprint density at radius 2 is 2.33 bits per heavy atom. The lowest BCUT2D eigenvalue weighted by Gasteiger charge is -1.89. The summed E-state index contributed by atoms with van der Waals surface area (Å²) < 4.78 is 0. The summed E-state index contributed by atoms with van der Waals surface area (Å²) in [6.07, 6.45) is 8.98. The van der Waals surface area contributed by atoms with Gasteiger partial charge in [0, 0.05) is 5.70 Å². The first-order valence-electron chi connectivity index (χ1n) is 3.08. The minimum absolute atomic E-state index is 0.864. The van der Waals surface area contributed by atoms with Crippen LogP contribution < -0.4 is 5.73 Å². The molecular formula is C8H11N. The number of hydrogen-bond acceptors (Lipinski definition) is 1. The zero-order chi connectivity index (χ0) is 6.69.